The van der Waals surface area contributed by atoms with Gasteiger partial charge < -0.3 is 29.9 Å². The van der Waals surface area contributed by atoms with Gasteiger partial charge in [-0.1, -0.05) is 25.1 Å². The van der Waals surface area contributed by atoms with Crippen LogP contribution in [0.4, 0.5) is 16.2 Å². The fourth-order valence-corrected chi connectivity index (χ4v) is 5.72. The van der Waals surface area contributed by atoms with Crippen molar-refractivity contribution in [3.05, 3.63) is 66.6 Å². The van der Waals surface area contributed by atoms with E-state index in [1.165, 1.54) is 23.9 Å². The summed E-state index contributed by atoms with van der Waals surface area (Å²) in [5.41, 5.74) is 1.60. The van der Waals surface area contributed by atoms with Crippen LogP contribution in [0.5, 0.6) is 5.75 Å². The molecule has 2 aromatic carbocycles. The highest BCUT2D eigenvalue weighted by molar-refractivity contribution is 7.89. The lowest BCUT2D eigenvalue weighted by Gasteiger charge is -2.33. The number of anilines is 2. The number of carbonyl (C=O) groups is 2. The van der Waals surface area contributed by atoms with E-state index >= 15 is 0 Å². The molecular weight excluding hydrogens is 548 g/mol. The lowest BCUT2D eigenvalue weighted by molar-refractivity contribution is -0.134. The summed E-state index contributed by atoms with van der Waals surface area (Å²) in [7, 11) is -0.741. The molecule has 220 valence electrons. The van der Waals surface area contributed by atoms with Crippen LogP contribution in [0.3, 0.4) is 0 Å². The molecule has 13 heteroatoms. The van der Waals surface area contributed by atoms with Crippen molar-refractivity contribution in [3.63, 3.8) is 0 Å². The molecule has 0 aliphatic carbocycles. The second-order valence-electron chi connectivity index (χ2n) is 10.3. The van der Waals surface area contributed by atoms with Crippen LogP contribution in [-0.2, 0) is 28.3 Å². The van der Waals surface area contributed by atoms with E-state index in [1.807, 2.05) is 25.1 Å². The van der Waals surface area contributed by atoms with Gasteiger partial charge in [0.15, 0.2) is 5.03 Å². The Morgan fingerprint density at radius 1 is 1.20 bits per heavy atom. The first-order valence-electron chi connectivity index (χ1n) is 13.2. The Labute approximate surface area is 240 Å². The van der Waals surface area contributed by atoms with E-state index in [0.717, 1.165) is 0 Å². The summed E-state index contributed by atoms with van der Waals surface area (Å²) < 4.78 is 35.5. The number of aliphatic hydroxyl groups is 1. The van der Waals surface area contributed by atoms with Crippen molar-refractivity contribution < 1.29 is 27.9 Å². The first-order valence-corrected chi connectivity index (χ1v) is 14.7. The van der Waals surface area contributed by atoms with E-state index in [9.17, 15) is 23.1 Å². The molecule has 1 aliphatic rings. The number of aryl methyl sites for hydroxylation is 1. The standard InChI is InChI=1S/C28H36N6O6S/c1-19-14-34(20(2)17-35)27(36)13-21-12-23(31-28(37)30-22-8-6-5-7-9-22)10-11-24(21)40-25(19)15-33(4)41(38,39)26-16-32(3)18-29-26/h5-12,16,18-20,25,35H,13-15,17H2,1-4H3,(H2,30,31,37)/t19-,20-,25+/m1/s1. The van der Waals surface area contributed by atoms with Gasteiger partial charge in [-0.2, -0.15) is 4.31 Å². The summed E-state index contributed by atoms with van der Waals surface area (Å²) in [5.74, 6) is -0.106. The van der Waals surface area contributed by atoms with Crippen molar-refractivity contribution >= 4 is 33.3 Å². The zero-order chi connectivity index (χ0) is 29.7. The van der Waals surface area contributed by atoms with Gasteiger partial charge in [0.1, 0.15) is 11.9 Å². The molecule has 12 nitrogen and oxygen atoms in total. The van der Waals surface area contributed by atoms with Gasteiger partial charge in [0.25, 0.3) is 10.0 Å². The van der Waals surface area contributed by atoms with Gasteiger partial charge in [0, 0.05) is 49.7 Å². The largest absolute Gasteiger partial charge is 0.488 e. The smallest absolute Gasteiger partial charge is 0.323 e. The second kappa shape index (κ2) is 12.7. The van der Waals surface area contributed by atoms with Crippen LogP contribution in [0.2, 0.25) is 0 Å². The predicted octanol–water partition coefficient (Wildman–Crippen LogP) is 2.53. The topological polar surface area (TPSA) is 146 Å². The number of hydrogen-bond donors (Lipinski definition) is 3. The molecule has 4 rings (SSSR count). The number of rotatable bonds is 8. The van der Waals surface area contributed by atoms with E-state index in [2.05, 4.69) is 15.6 Å². The Morgan fingerprint density at radius 2 is 1.90 bits per heavy atom. The molecule has 1 aromatic heterocycles. The van der Waals surface area contributed by atoms with Gasteiger partial charge in [0.2, 0.25) is 5.91 Å². The molecule has 1 aliphatic heterocycles. The minimum atomic E-state index is -3.89. The van der Waals surface area contributed by atoms with Crippen molar-refractivity contribution in [2.24, 2.45) is 13.0 Å². The summed E-state index contributed by atoms with van der Waals surface area (Å²) >= 11 is 0. The number of nitrogens with one attached hydrogen (secondary N) is 2. The maximum Gasteiger partial charge on any atom is 0.323 e. The third-order valence-corrected chi connectivity index (χ3v) is 8.71. The molecule has 0 radical (unpaired) electrons. The number of fused-ring (bicyclic) bond motifs is 1. The number of urea groups is 1. The molecule has 0 spiro atoms. The Balaban J connectivity index is 1.62. The summed E-state index contributed by atoms with van der Waals surface area (Å²) in [6.07, 6.45) is 2.18. The fourth-order valence-electron chi connectivity index (χ4n) is 4.57. The Morgan fingerprint density at radius 3 is 2.56 bits per heavy atom. The summed E-state index contributed by atoms with van der Waals surface area (Å²) in [6, 6.07) is 13.1. The average Bonchev–Trinajstić information content (AvgIpc) is 3.40. The molecule has 3 N–H and O–H groups in total. The van der Waals surface area contributed by atoms with Gasteiger partial charge in [-0.3, -0.25) is 4.79 Å². The van der Waals surface area contributed by atoms with E-state index in [-0.39, 0.29) is 43.0 Å². The van der Waals surface area contributed by atoms with Gasteiger partial charge in [-0.15, -0.1) is 0 Å². The van der Waals surface area contributed by atoms with Crippen molar-refractivity contribution in [3.8, 4) is 5.75 Å². The van der Waals surface area contributed by atoms with Crippen LogP contribution in [0.25, 0.3) is 0 Å². The number of nitrogens with zero attached hydrogens (tertiary/aromatic N) is 4. The zero-order valence-electron chi connectivity index (χ0n) is 23.5. The van der Waals surface area contributed by atoms with Crippen molar-refractivity contribution in [2.75, 3.05) is 37.4 Å². The normalized spacial score (nSPS) is 18.5. The number of para-hydroxylation sites is 1. The van der Waals surface area contributed by atoms with Crippen LogP contribution < -0.4 is 15.4 Å². The number of amides is 3. The van der Waals surface area contributed by atoms with Crippen molar-refractivity contribution in [1.29, 1.82) is 0 Å². The number of sulfonamides is 1. The van der Waals surface area contributed by atoms with Gasteiger partial charge in [-0.05, 0) is 37.3 Å². The number of aromatic nitrogens is 2. The average molecular weight is 585 g/mol. The monoisotopic (exact) mass is 584 g/mol. The van der Waals surface area contributed by atoms with Crippen LogP contribution >= 0.6 is 0 Å². The molecule has 0 saturated heterocycles. The van der Waals surface area contributed by atoms with E-state index in [1.54, 1.807) is 53.8 Å². The number of benzene rings is 2. The minimum absolute atomic E-state index is 0.00542. The Hall–Kier alpha value is -3.94. The van der Waals surface area contributed by atoms with E-state index in [4.69, 9.17) is 4.74 Å². The van der Waals surface area contributed by atoms with E-state index in [0.29, 0.717) is 22.7 Å². The van der Waals surface area contributed by atoms with Crippen molar-refractivity contribution in [1.82, 2.24) is 18.8 Å². The molecule has 0 bridgehead atoms. The van der Waals surface area contributed by atoms with E-state index < -0.39 is 28.2 Å². The number of carbonyl (C=O) groups excluding carboxylic acids is 2. The number of likely N-dealkylation sites (N-methyl/N-ethyl adjacent to an activating group) is 1. The fraction of sp³-hybridized carbons (Fsp3) is 0.393. The van der Waals surface area contributed by atoms with Crippen LogP contribution in [-0.4, -0.2) is 83.1 Å². The highest BCUT2D eigenvalue weighted by Crippen LogP contribution is 2.30. The molecule has 2 heterocycles. The molecule has 0 saturated carbocycles. The van der Waals surface area contributed by atoms with Crippen LogP contribution in [0.1, 0.15) is 19.4 Å². The number of ether oxygens (including phenoxy) is 1. The predicted molar refractivity (Wildman–Crippen MR) is 154 cm³/mol. The maximum absolute atomic E-state index is 13.4. The third kappa shape index (κ3) is 7.23. The molecule has 0 unspecified atom stereocenters. The number of imidazole rings is 1. The van der Waals surface area contributed by atoms with Crippen LogP contribution in [0, 0.1) is 5.92 Å². The lowest BCUT2D eigenvalue weighted by Crippen LogP contribution is -2.48. The minimum Gasteiger partial charge on any atom is -0.488 e. The second-order valence-corrected chi connectivity index (χ2v) is 12.3. The molecule has 3 amide bonds. The Kier molecular flexibility index (Phi) is 9.31. The number of hydrogen-bond acceptors (Lipinski definition) is 7. The first kappa shape index (κ1) is 30.0. The third-order valence-electron chi connectivity index (χ3n) is 7.00. The Bertz CT molecular complexity index is 1480. The zero-order valence-corrected chi connectivity index (χ0v) is 24.3. The summed E-state index contributed by atoms with van der Waals surface area (Å²) in [4.78, 5) is 31.6. The van der Waals surface area contributed by atoms with Gasteiger partial charge in [-0.25, -0.2) is 18.2 Å². The molecule has 3 aromatic rings. The van der Waals surface area contributed by atoms with Crippen LogP contribution in [0.15, 0.2) is 66.1 Å². The lowest BCUT2D eigenvalue weighted by atomic mass is 10.0. The first-order chi connectivity index (χ1) is 19.5. The SMILES string of the molecule is C[C@@H]1CN([C@H](C)CO)C(=O)Cc2cc(NC(=O)Nc3ccccc3)ccc2O[C@H]1CN(C)S(=O)(=O)c1cn(C)cn1. The molecule has 41 heavy (non-hydrogen) atoms. The summed E-state index contributed by atoms with van der Waals surface area (Å²) in [6.45, 7) is 3.65. The van der Waals surface area contributed by atoms with Gasteiger partial charge in [0.05, 0.1) is 31.9 Å². The highest BCUT2D eigenvalue weighted by atomic mass is 32.2. The molecule has 0 fully saturated rings. The molecule has 3 atom stereocenters. The maximum atomic E-state index is 13.4. The quantitative estimate of drug-likeness (QED) is 0.369. The highest BCUT2D eigenvalue weighted by Gasteiger charge is 2.34. The summed E-state index contributed by atoms with van der Waals surface area (Å²) in [5, 5.41) is 15.3. The van der Waals surface area contributed by atoms with Crippen molar-refractivity contribution in [2.45, 2.75) is 37.4 Å². The van der Waals surface area contributed by atoms with Gasteiger partial charge >= 0.3 is 6.03 Å². The number of aliphatic hydroxyl groups excluding tert-OH is 1. The molecular formula is C28H36N6O6S.